The summed E-state index contributed by atoms with van der Waals surface area (Å²) in [5.41, 5.74) is 1.43. The number of thiophene rings is 1. The molecule has 3 heterocycles. The topological polar surface area (TPSA) is 73.5 Å². The molecule has 0 radical (unpaired) electrons. The number of para-hydroxylation sites is 1. The van der Waals surface area contributed by atoms with Crippen LogP contribution in [0, 0.1) is 0 Å². The molecule has 1 N–H and O–H groups in total. The summed E-state index contributed by atoms with van der Waals surface area (Å²) < 4.78 is 27.3. The third-order valence-corrected chi connectivity index (χ3v) is 8.03. The molecule has 26 heavy (non-hydrogen) atoms. The van der Waals surface area contributed by atoms with Gasteiger partial charge in [0.2, 0.25) is 0 Å². The molecule has 0 aliphatic carbocycles. The van der Waals surface area contributed by atoms with Crippen molar-refractivity contribution < 1.29 is 13.2 Å². The number of rotatable bonds is 3. The van der Waals surface area contributed by atoms with Crippen LogP contribution in [0.15, 0.2) is 46.7 Å². The van der Waals surface area contributed by atoms with E-state index in [9.17, 15) is 13.2 Å². The normalized spacial score (nSPS) is 16.3. The fourth-order valence-electron chi connectivity index (χ4n) is 3.05. The summed E-state index contributed by atoms with van der Waals surface area (Å²) in [7, 11) is -3.55. The van der Waals surface area contributed by atoms with Crippen LogP contribution >= 0.6 is 22.9 Å². The minimum Gasteiger partial charge on any atom is -0.351 e. The number of nitrogens with zero attached hydrogens (tertiary/aromatic N) is 2. The first-order chi connectivity index (χ1) is 12.4. The summed E-state index contributed by atoms with van der Waals surface area (Å²) in [5.74, 6) is -0.114. The minimum absolute atomic E-state index is 0.114. The van der Waals surface area contributed by atoms with E-state index in [1.807, 2.05) is 30.3 Å². The zero-order valence-electron chi connectivity index (χ0n) is 13.7. The fraction of sp³-hybridized carbons (Fsp3) is 0.235. The number of piperazine rings is 1. The van der Waals surface area contributed by atoms with E-state index in [2.05, 4.69) is 4.98 Å². The maximum atomic E-state index is 12.7. The van der Waals surface area contributed by atoms with E-state index in [0.29, 0.717) is 23.1 Å². The first kappa shape index (κ1) is 17.5. The van der Waals surface area contributed by atoms with Crippen molar-refractivity contribution in [1.82, 2.24) is 14.2 Å². The number of aromatic amines is 1. The molecule has 9 heteroatoms. The second-order valence-corrected chi connectivity index (χ2v) is 9.90. The lowest BCUT2D eigenvalue weighted by molar-refractivity contribution is 0.0693. The Morgan fingerprint density at radius 1 is 1.08 bits per heavy atom. The molecule has 0 spiro atoms. The SMILES string of the molecule is O=C(c1cc2ccccc2[nH]1)N1CCN(S(=O)(=O)c2ccc(Cl)s2)CC1. The van der Waals surface area contributed by atoms with E-state index in [1.54, 1.807) is 11.0 Å². The van der Waals surface area contributed by atoms with Gasteiger partial charge in [0.05, 0.1) is 4.34 Å². The van der Waals surface area contributed by atoms with Crippen molar-refractivity contribution in [3.05, 3.63) is 52.5 Å². The van der Waals surface area contributed by atoms with E-state index >= 15 is 0 Å². The van der Waals surface area contributed by atoms with E-state index in [4.69, 9.17) is 11.6 Å². The maximum Gasteiger partial charge on any atom is 0.270 e. The Hall–Kier alpha value is -1.87. The van der Waals surface area contributed by atoms with Gasteiger partial charge in [-0.25, -0.2) is 8.42 Å². The van der Waals surface area contributed by atoms with Gasteiger partial charge in [0, 0.05) is 37.1 Å². The summed E-state index contributed by atoms with van der Waals surface area (Å²) >= 11 is 6.90. The molecule has 4 rings (SSSR count). The molecule has 1 aromatic carbocycles. The quantitative estimate of drug-likeness (QED) is 0.722. The molecule has 6 nitrogen and oxygen atoms in total. The molecule has 136 valence electrons. The molecule has 1 saturated heterocycles. The van der Waals surface area contributed by atoms with Crippen molar-refractivity contribution in [2.75, 3.05) is 26.2 Å². The van der Waals surface area contributed by atoms with Crippen LogP contribution in [0.1, 0.15) is 10.5 Å². The Bertz CT molecular complexity index is 1030. The lowest BCUT2D eigenvalue weighted by Crippen LogP contribution is -2.50. The molecular weight excluding hydrogens is 394 g/mol. The number of fused-ring (bicyclic) bond motifs is 1. The largest absolute Gasteiger partial charge is 0.351 e. The van der Waals surface area contributed by atoms with Crippen LogP contribution in [0.4, 0.5) is 0 Å². The number of hydrogen-bond donors (Lipinski definition) is 1. The number of H-pyrrole nitrogens is 1. The van der Waals surface area contributed by atoms with E-state index in [-0.39, 0.29) is 23.2 Å². The van der Waals surface area contributed by atoms with Crippen LogP contribution in [0.25, 0.3) is 10.9 Å². The summed E-state index contributed by atoms with van der Waals surface area (Å²) in [6.45, 7) is 1.24. The lowest BCUT2D eigenvalue weighted by Gasteiger charge is -2.33. The van der Waals surface area contributed by atoms with Crippen molar-refractivity contribution in [3.8, 4) is 0 Å². The average Bonchev–Trinajstić information content (AvgIpc) is 3.27. The minimum atomic E-state index is -3.55. The van der Waals surface area contributed by atoms with Crippen LogP contribution in [-0.4, -0.2) is 54.7 Å². The first-order valence-corrected chi connectivity index (χ1v) is 10.7. The third kappa shape index (κ3) is 3.14. The van der Waals surface area contributed by atoms with E-state index < -0.39 is 10.0 Å². The Morgan fingerprint density at radius 3 is 2.46 bits per heavy atom. The molecule has 1 aliphatic rings. The van der Waals surface area contributed by atoms with E-state index in [1.165, 1.54) is 10.4 Å². The highest BCUT2D eigenvalue weighted by Gasteiger charge is 2.31. The van der Waals surface area contributed by atoms with Gasteiger partial charge < -0.3 is 9.88 Å². The molecule has 0 unspecified atom stereocenters. The summed E-state index contributed by atoms with van der Waals surface area (Å²) in [6, 6.07) is 12.6. The summed E-state index contributed by atoms with van der Waals surface area (Å²) in [4.78, 5) is 17.5. The highest BCUT2D eigenvalue weighted by atomic mass is 35.5. The Balaban J connectivity index is 1.47. The monoisotopic (exact) mass is 409 g/mol. The van der Waals surface area contributed by atoms with Crippen molar-refractivity contribution in [2.45, 2.75) is 4.21 Å². The third-order valence-electron chi connectivity index (χ3n) is 4.43. The van der Waals surface area contributed by atoms with Gasteiger partial charge in [-0.2, -0.15) is 4.31 Å². The lowest BCUT2D eigenvalue weighted by atomic mass is 10.2. The molecule has 1 amide bonds. The molecule has 2 aromatic heterocycles. The first-order valence-electron chi connectivity index (χ1n) is 8.08. The van der Waals surface area contributed by atoms with Gasteiger partial charge in [0.15, 0.2) is 0 Å². The van der Waals surface area contributed by atoms with Gasteiger partial charge in [0.25, 0.3) is 15.9 Å². The highest BCUT2D eigenvalue weighted by molar-refractivity contribution is 7.91. The molecule has 0 atom stereocenters. The highest BCUT2D eigenvalue weighted by Crippen LogP contribution is 2.28. The molecule has 0 bridgehead atoms. The average molecular weight is 410 g/mol. The number of benzene rings is 1. The Kier molecular flexibility index (Phi) is 4.52. The number of carbonyl (C=O) groups is 1. The molecule has 1 aliphatic heterocycles. The van der Waals surface area contributed by atoms with Gasteiger partial charge in [-0.15, -0.1) is 11.3 Å². The van der Waals surface area contributed by atoms with Crippen LogP contribution in [0.3, 0.4) is 0 Å². The smallest absolute Gasteiger partial charge is 0.270 e. The number of halogens is 1. The van der Waals surface area contributed by atoms with Crippen molar-refractivity contribution >= 4 is 49.8 Å². The second kappa shape index (κ2) is 6.70. The number of amides is 1. The predicted octanol–water partition coefficient (Wildman–Crippen LogP) is 3.03. The van der Waals surface area contributed by atoms with Gasteiger partial charge in [-0.1, -0.05) is 29.8 Å². The van der Waals surface area contributed by atoms with E-state index in [0.717, 1.165) is 22.2 Å². The summed E-state index contributed by atoms with van der Waals surface area (Å²) in [6.07, 6.45) is 0. The van der Waals surface area contributed by atoms with Gasteiger partial charge in [-0.05, 0) is 24.3 Å². The number of aromatic nitrogens is 1. The molecular formula is C17H16ClN3O3S2. The van der Waals surface area contributed by atoms with Crippen molar-refractivity contribution in [1.29, 1.82) is 0 Å². The van der Waals surface area contributed by atoms with Crippen LogP contribution in [0.5, 0.6) is 0 Å². The van der Waals surface area contributed by atoms with Gasteiger partial charge in [0.1, 0.15) is 9.90 Å². The van der Waals surface area contributed by atoms with Crippen LogP contribution in [0.2, 0.25) is 4.34 Å². The van der Waals surface area contributed by atoms with Gasteiger partial charge >= 0.3 is 0 Å². The number of nitrogens with one attached hydrogen (secondary N) is 1. The van der Waals surface area contributed by atoms with Crippen LogP contribution < -0.4 is 0 Å². The van der Waals surface area contributed by atoms with Crippen molar-refractivity contribution in [2.24, 2.45) is 0 Å². The zero-order valence-corrected chi connectivity index (χ0v) is 16.1. The molecule has 3 aromatic rings. The molecule has 1 fully saturated rings. The maximum absolute atomic E-state index is 12.7. The summed E-state index contributed by atoms with van der Waals surface area (Å²) in [5, 5.41) is 0.978. The fourth-order valence-corrected chi connectivity index (χ4v) is 6.11. The zero-order chi connectivity index (χ0) is 18.3. The second-order valence-electron chi connectivity index (χ2n) is 6.03. The molecule has 0 saturated carbocycles. The van der Waals surface area contributed by atoms with Crippen LogP contribution in [-0.2, 0) is 10.0 Å². The number of hydrogen-bond acceptors (Lipinski definition) is 4. The standard InChI is InChI=1S/C17H16ClN3O3S2/c18-15-5-6-16(25-15)26(23,24)21-9-7-20(8-10-21)17(22)14-11-12-3-1-2-4-13(12)19-14/h1-6,11,19H,7-10H2. The number of carbonyl (C=O) groups excluding carboxylic acids is 1. The Morgan fingerprint density at radius 2 is 1.81 bits per heavy atom. The predicted molar refractivity (Wildman–Crippen MR) is 102 cm³/mol. The number of sulfonamides is 1. The Labute approximate surface area is 160 Å². The van der Waals surface area contributed by atoms with Crippen molar-refractivity contribution in [3.63, 3.8) is 0 Å². The van der Waals surface area contributed by atoms with Gasteiger partial charge in [-0.3, -0.25) is 4.79 Å².